The van der Waals surface area contributed by atoms with Gasteiger partial charge in [-0.2, -0.15) is 0 Å². The minimum Gasteiger partial charge on any atom is -1.00 e. The molecule has 0 nitrogen and oxygen atoms in total. The van der Waals surface area contributed by atoms with Crippen LogP contribution in [0.3, 0.4) is 0 Å². The first kappa shape index (κ1) is 21.3. The first-order chi connectivity index (χ1) is 7.86. The molecule has 0 spiro atoms. The molecule has 0 heterocycles. The van der Waals surface area contributed by atoms with Gasteiger partial charge in [0, 0.05) is 9.52 Å². The summed E-state index contributed by atoms with van der Waals surface area (Å²) in [5.41, 5.74) is 0. The molecular weight excluding hydrogens is 370 g/mol. The molecule has 0 aliphatic heterocycles. The van der Waals surface area contributed by atoms with Gasteiger partial charge < -0.3 is 24.8 Å². The summed E-state index contributed by atoms with van der Waals surface area (Å²) in [7, 11) is 1.08. The van der Waals surface area contributed by atoms with Crippen LogP contribution in [0.1, 0.15) is 0 Å². The summed E-state index contributed by atoms with van der Waals surface area (Å²) < 4.78 is 0. The van der Waals surface area contributed by atoms with Crippen LogP contribution in [0.2, 0.25) is 13.1 Å². The van der Waals surface area contributed by atoms with Gasteiger partial charge in [-0.05, 0) is 0 Å². The second-order valence-corrected chi connectivity index (χ2v) is 4.82. The molecule has 4 heteroatoms. The van der Waals surface area contributed by atoms with Gasteiger partial charge in [-0.3, -0.25) is 0 Å². The summed E-state index contributed by atoms with van der Waals surface area (Å²) in [6, 6.07) is 19.3. The van der Waals surface area contributed by atoms with Crippen LogP contribution in [-0.2, 0) is 26.2 Å². The van der Waals surface area contributed by atoms with Crippen LogP contribution in [0.25, 0.3) is 21.5 Å². The Labute approximate surface area is 149 Å². The molecule has 3 radical (unpaired) electrons. The SMILES string of the molecule is C[Si]C.[Cl-].[Cl-].[Zr+3].c1ccc2c(c1)[cH-]c1ccccc12. The fourth-order valence-corrected chi connectivity index (χ4v) is 1.90. The molecule has 0 N–H and O–H groups in total. The standard InChI is InChI=1S/C13H9.C2H6Si.2ClH.Zr/c1-3-7-12-10(5-1)9-11-6-2-4-8-13(11)12;1-3-2;;;/h1-9H;1-2H3;2*1H;/q-1;;;;+3/p-2. The third-order valence-electron chi connectivity index (χ3n) is 2.52. The van der Waals surface area contributed by atoms with Gasteiger partial charge >= 0.3 is 26.2 Å². The van der Waals surface area contributed by atoms with Crippen molar-refractivity contribution in [1.82, 2.24) is 0 Å². The summed E-state index contributed by atoms with van der Waals surface area (Å²) in [6.07, 6.45) is 0. The van der Waals surface area contributed by atoms with Gasteiger partial charge in [0.05, 0.1) is 0 Å². The van der Waals surface area contributed by atoms with Crippen LogP contribution < -0.4 is 24.8 Å². The summed E-state index contributed by atoms with van der Waals surface area (Å²) in [5, 5.41) is 5.39. The van der Waals surface area contributed by atoms with Crippen LogP contribution in [0, 0.1) is 0 Å². The molecule has 19 heavy (non-hydrogen) atoms. The van der Waals surface area contributed by atoms with Crippen molar-refractivity contribution in [1.29, 1.82) is 0 Å². The maximum atomic E-state index is 2.24. The maximum absolute atomic E-state index is 2.24. The molecular formula is C15H15Cl2SiZr. The van der Waals surface area contributed by atoms with Crippen molar-refractivity contribution >= 4 is 31.1 Å². The van der Waals surface area contributed by atoms with Crippen molar-refractivity contribution < 1.29 is 51.0 Å². The van der Waals surface area contributed by atoms with Crippen molar-refractivity contribution in [3.63, 3.8) is 0 Å². The Morgan fingerprint density at radius 1 is 0.737 bits per heavy atom. The Hall–Kier alpha value is -0.01000. The number of halogens is 2. The van der Waals surface area contributed by atoms with Gasteiger partial charge in [0.1, 0.15) is 0 Å². The average molecular weight is 386 g/mol. The predicted molar refractivity (Wildman–Crippen MR) is 74.5 cm³/mol. The fourth-order valence-electron chi connectivity index (χ4n) is 1.90. The molecule has 97 valence electrons. The van der Waals surface area contributed by atoms with E-state index in [1.54, 1.807) is 0 Å². The molecule has 0 unspecified atom stereocenters. The van der Waals surface area contributed by atoms with Gasteiger partial charge in [0.25, 0.3) is 0 Å². The Morgan fingerprint density at radius 2 is 1.05 bits per heavy atom. The zero-order chi connectivity index (χ0) is 11.4. The molecule has 0 atom stereocenters. The smallest absolute Gasteiger partial charge is 1.00 e. The molecule has 0 amide bonds. The van der Waals surface area contributed by atoms with E-state index in [0.29, 0.717) is 0 Å². The molecule has 0 aromatic heterocycles. The Kier molecular flexibility index (Phi) is 12.0. The first-order valence-electron chi connectivity index (χ1n) is 5.48. The second-order valence-electron chi connectivity index (χ2n) is 3.82. The summed E-state index contributed by atoms with van der Waals surface area (Å²) in [5.74, 6) is 0. The van der Waals surface area contributed by atoms with Crippen molar-refractivity contribution in [2.45, 2.75) is 13.1 Å². The van der Waals surface area contributed by atoms with E-state index in [0.717, 1.165) is 9.52 Å². The summed E-state index contributed by atoms with van der Waals surface area (Å²) in [6.45, 7) is 4.31. The third kappa shape index (κ3) is 5.11. The van der Waals surface area contributed by atoms with Crippen LogP contribution in [0.15, 0.2) is 54.6 Å². The molecule has 0 fully saturated rings. The maximum Gasteiger partial charge on any atom is 3.00 e. The van der Waals surface area contributed by atoms with Crippen molar-refractivity contribution in [3.05, 3.63) is 54.6 Å². The molecule has 0 saturated heterocycles. The van der Waals surface area contributed by atoms with Crippen molar-refractivity contribution in [2.75, 3.05) is 0 Å². The van der Waals surface area contributed by atoms with E-state index in [-0.39, 0.29) is 51.0 Å². The van der Waals surface area contributed by atoms with Gasteiger partial charge in [0.15, 0.2) is 0 Å². The second kappa shape index (κ2) is 10.7. The van der Waals surface area contributed by atoms with E-state index in [1.165, 1.54) is 21.5 Å². The van der Waals surface area contributed by atoms with Crippen molar-refractivity contribution in [3.8, 4) is 0 Å². The monoisotopic (exact) mass is 383 g/mol. The zero-order valence-corrected chi connectivity index (χ0v) is 15.9. The van der Waals surface area contributed by atoms with Crippen LogP contribution in [-0.4, -0.2) is 9.52 Å². The van der Waals surface area contributed by atoms with E-state index >= 15 is 0 Å². The fraction of sp³-hybridized carbons (Fsp3) is 0.133. The minimum absolute atomic E-state index is 0. The Morgan fingerprint density at radius 3 is 1.42 bits per heavy atom. The third-order valence-corrected chi connectivity index (χ3v) is 2.52. The minimum atomic E-state index is 0. The van der Waals surface area contributed by atoms with E-state index < -0.39 is 0 Å². The van der Waals surface area contributed by atoms with E-state index in [1.807, 2.05) is 0 Å². The molecule has 0 aliphatic rings. The number of rotatable bonds is 0. The molecule has 0 saturated carbocycles. The number of hydrogen-bond donors (Lipinski definition) is 0. The van der Waals surface area contributed by atoms with Crippen LogP contribution in [0.5, 0.6) is 0 Å². The quantitative estimate of drug-likeness (QED) is 0.327. The largest absolute Gasteiger partial charge is 3.00 e. The molecule has 0 bridgehead atoms. The van der Waals surface area contributed by atoms with Gasteiger partial charge in [-0.15, -0.1) is 39.7 Å². The van der Waals surface area contributed by atoms with Crippen LogP contribution in [0.4, 0.5) is 0 Å². The predicted octanol–water partition coefficient (Wildman–Crippen LogP) is -1.50. The van der Waals surface area contributed by atoms with Gasteiger partial charge in [0.2, 0.25) is 0 Å². The van der Waals surface area contributed by atoms with Gasteiger partial charge in [-0.25, -0.2) is 0 Å². The number of benzene rings is 2. The molecule has 3 rings (SSSR count). The Bertz CT molecular complexity index is 542. The van der Waals surface area contributed by atoms with E-state index in [9.17, 15) is 0 Å². The first-order valence-corrected chi connectivity index (χ1v) is 7.48. The van der Waals surface area contributed by atoms with E-state index in [4.69, 9.17) is 0 Å². The van der Waals surface area contributed by atoms with Gasteiger partial charge in [-0.1, -0.05) is 49.5 Å². The zero-order valence-electron chi connectivity index (χ0n) is 11.0. The summed E-state index contributed by atoms with van der Waals surface area (Å²) in [4.78, 5) is 0. The molecule has 0 aliphatic carbocycles. The normalized spacial score (nSPS) is 8.53. The van der Waals surface area contributed by atoms with Crippen LogP contribution >= 0.6 is 0 Å². The van der Waals surface area contributed by atoms with Crippen molar-refractivity contribution in [2.24, 2.45) is 0 Å². The molecule has 3 aromatic carbocycles. The van der Waals surface area contributed by atoms with E-state index in [2.05, 4.69) is 67.7 Å². The summed E-state index contributed by atoms with van der Waals surface area (Å²) >= 11 is 0. The number of fused-ring (bicyclic) bond motifs is 3. The topological polar surface area (TPSA) is 0 Å². The average Bonchev–Trinajstić information content (AvgIpc) is 2.68. The Balaban J connectivity index is 0. The molecule has 3 aromatic rings. The number of hydrogen-bond acceptors (Lipinski definition) is 0.